The predicted molar refractivity (Wildman–Crippen MR) is 104 cm³/mol. The number of sulfone groups is 1. The van der Waals surface area contributed by atoms with E-state index in [2.05, 4.69) is 10.4 Å². The van der Waals surface area contributed by atoms with Gasteiger partial charge >= 0.3 is 5.97 Å². The SMILES string of the molecule is CS(=O)(=O)Cc1ccc(C(=O)OCC(=O)Nc2ccnn2C2CCCC2)cc1. The number of anilines is 1. The molecule has 0 atom stereocenters. The molecular weight excluding hydrogens is 382 g/mol. The number of nitrogens with one attached hydrogen (secondary N) is 1. The van der Waals surface area contributed by atoms with Gasteiger partial charge in [0.2, 0.25) is 0 Å². The monoisotopic (exact) mass is 405 g/mol. The molecule has 28 heavy (non-hydrogen) atoms. The summed E-state index contributed by atoms with van der Waals surface area (Å²) in [7, 11) is -3.14. The number of benzene rings is 1. The number of ether oxygens (including phenoxy) is 1. The highest BCUT2D eigenvalue weighted by molar-refractivity contribution is 7.89. The summed E-state index contributed by atoms with van der Waals surface area (Å²) in [6, 6.07) is 8.08. The molecule has 150 valence electrons. The molecule has 1 aliphatic rings. The van der Waals surface area contributed by atoms with E-state index in [9.17, 15) is 18.0 Å². The maximum atomic E-state index is 12.1. The first-order valence-electron chi connectivity index (χ1n) is 9.09. The Morgan fingerprint density at radius 1 is 1.18 bits per heavy atom. The van der Waals surface area contributed by atoms with Crippen LogP contribution in [-0.4, -0.2) is 42.9 Å². The van der Waals surface area contributed by atoms with E-state index in [4.69, 9.17) is 4.74 Å². The summed E-state index contributed by atoms with van der Waals surface area (Å²) in [5, 5.41) is 7.01. The third-order valence-corrected chi connectivity index (χ3v) is 5.42. The van der Waals surface area contributed by atoms with Crippen molar-refractivity contribution in [3.05, 3.63) is 47.7 Å². The summed E-state index contributed by atoms with van der Waals surface area (Å²) in [4.78, 5) is 24.2. The molecule has 1 aliphatic carbocycles. The highest BCUT2D eigenvalue weighted by atomic mass is 32.2. The highest BCUT2D eigenvalue weighted by Crippen LogP contribution is 2.31. The zero-order valence-electron chi connectivity index (χ0n) is 15.6. The number of carbonyl (C=O) groups excluding carboxylic acids is 2. The summed E-state index contributed by atoms with van der Waals surface area (Å²) >= 11 is 0. The van der Waals surface area contributed by atoms with Gasteiger partial charge < -0.3 is 10.1 Å². The average Bonchev–Trinajstić information content (AvgIpc) is 3.30. The van der Waals surface area contributed by atoms with Gasteiger partial charge in [-0.25, -0.2) is 17.9 Å². The van der Waals surface area contributed by atoms with Crippen LogP contribution in [0.3, 0.4) is 0 Å². The maximum Gasteiger partial charge on any atom is 0.338 e. The molecule has 8 nitrogen and oxygen atoms in total. The Balaban J connectivity index is 1.52. The number of nitrogens with zero attached hydrogens (tertiary/aromatic N) is 2. The van der Waals surface area contributed by atoms with E-state index < -0.39 is 28.3 Å². The molecule has 1 aromatic heterocycles. The summed E-state index contributed by atoms with van der Waals surface area (Å²) in [5.41, 5.74) is 0.831. The van der Waals surface area contributed by atoms with Gasteiger partial charge in [0.1, 0.15) is 5.82 Å². The standard InChI is InChI=1S/C19H23N3O5S/c1-28(25,26)13-14-6-8-15(9-7-14)19(24)27-12-18(23)21-17-10-11-20-22(17)16-4-2-3-5-16/h6-11,16H,2-5,12-13H2,1H3,(H,21,23). The highest BCUT2D eigenvalue weighted by Gasteiger charge is 2.21. The summed E-state index contributed by atoms with van der Waals surface area (Å²) in [6.07, 6.45) is 7.16. The lowest BCUT2D eigenvalue weighted by molar-refractivity contribution is -0.119. The van der Waals surface area contributed by atoms with Crippen molar-refractivity contribution in [2.24, 2.45) is 0 Å². The molecule has 1 fully saturated rings. The van der Waals surface area contributed by atoms with Gasteiger partial charge in [-0.3, -0.25) is 4.79 Å². The molecule has 1 saturated carbocycles. The third-order valence-electron chi connectivity index (χ3n) is 4.56. The van der Waals surface area contributed by atoms with Crippen molar-refractivity contribution in [1.29, 1.82) is 0 Å². The van der Waals surface area contributed by atoms with Gasteiger partial charge in [0.05, 0.1) is 23.6 Å². The minimum absolute atomic E-state index is 0.0978. The summed E-state index contributed by atoms with van der Waals surface area (Å²) < 4.78 is 29.4. The Labute approximate surface area is 163 Å². The summed E-state index contributed by atoms with van der Waals surface area (Å²) in [5.74, 6) is -0.593. The minimum atomic E-state index is -3.14. The van der Waals surface area contributed by atoms with Gasteiger partial charge in [-0.2, -0.15) is 5.10 Å². The quantitative estimate of drug-likeness (QED) is 0.709. The van der Waals surface area contributed by atoms with Crippen LogP contribution < -0.4 is 5.32 Å². The molecule has 0 aliphatic heterocycles. The molecule has 9 heteroatoms. The molecule has 0 radical (unpaired) electrons. The molecule has 0 bridgehead atoms. The molecule has 2 aromatic rings. The Hall–Kier alpha value is -2.68. The van der Waals surface area contributed by atoms with Crippen LogP contribution in [0.2, 0.25) is 0 Å². The Morgan fingerprint density at radius 3 is 2.50 bits per heavy atom. The smallest absolute Gasteiger partial charge is 0.338 e. The van der Waals surface area contributed by atoms with Crippen molar-refractivity contribution in [3.63, 3.8) is 0 Å². The first-order valence-corrected chi connectivity index (χ1v) is 11.1. The van der Waals surface area contributed by atoms with Crippen molar-refractivity contribution in [3.8, 4) is 0 Å². The predicted octanol–water partition coefficient (Wildman–Crippen LogP) is 2.34. The lowest BCUT2D eigenvalue weighted by Gasteiger charge is -2.14. The largest absolute Gasteiger partial charge is 0.452 e. The number of hydrogen-bond acceptors (Lipinski definition) is 6. The number of aromatic nitrogens is 2. The number of hydrogen-bond donors (Lipinski definition) is 1. The first-order chi connectivity index (χ1) is 13.3. The molecule has 3 rings (SSSR count). The molecule has 1 aromatic carbocycles. The molecule has 1 N–H and O–H groups in total. The fraction of sp³-hybridized carbons (Fsp3) is 0.421. The second-order valence-electron chi connectivity index (χ2n) is 6.99. The topological polar surface area (TPSA) is 107 Å². The van der Waals surface area contributed by atoms with E-state index in [-0.39, 0.29) is 11.3 Å². The van der Waals surface area contributed by atoms with E-state index in [1.165, 1.54) is 12.1 Å². The van der Waals surface area contributed by atoms with Crippen LogP contribution in [-0.2, 0) is 25.1 Å². The third kappa shape index (κ3) is 5.41. The van der Waals surface area contributed by atoms with Crippen LogP contribution in [0.5, 0.6) is 0 Å². The lowest BCUT2D eigenvalue weighted by atomic mass is 10.1. The van der Waals surface area contributed by atoms with Gasteiger partial charge in [-0.15, -0.1) is 0 Å². The van der Waals surface area contributed by atoms with E-state index in [0.717, 1.165) is 31.9 Å². The van der Waals surface area contributed by atoms with Crippen molar-refractivity contribution < 1.29 is 22.7 Å². The van der Waals surface area contributed by atoms with Crippen molar-refractivity contribution in [2.75, 3.05) is 18.2 Å². The van der Waals surface area contributed by atoms with Crippen molar-refractivity contribution in [2.45, 2.75) is 37.5 Å². The Kier molecular flexibility index (Phi) is 6.13. The number of rotatable bonds is 7. The normalized spacial score (nSPS) is 14.8. The van der Waals surface area contributed by atoms with Crippen LogP contribution in [0.4, 0.5) is 5.82 Å². The van der Waals surface area contributed by atoms with Gasteiger partial charge in [-0.05, 0) is 30.5 Å². The number of carbonyl (C=O) groups is 2. The second-order valence-corrected chi connectivity index (χ2v) is 9.13. The minimum Gasteiger partial charge on any atom is -0.452 e. The molecule has 0 unspecified atom stereocenters. The zero-order chi connectivity index (χ0) is 20.1. The Morgan fingerprint density at radius 2 is 1.86 bits per heavy atom. The van der Waals surface area contributed by atoms with Crippen molar-refractivity contribution in [1.82, 2.24) is 9.78 Å². The van der Waals surface area contributed by atoms with Gasteiger partial charge in [0.25, 0.3) is 5.91 Å². The fourth-order valence-corrected chi connectivity index (χ4v) is 4.08. The number of esters is 1. The van der Waals surface area contributed by atoms with Gasteiger partial charge in [-0.1, -0.05) is 25.0 Å². The molecular formula is C19H23N3O5S. The molecule has 1 amide bonds. The zero-order valence-corrected chi connectivity index (χ0v) is 16.4. The number of amides is 1. The van der Waals surface area contributed by atoms with E-state index in [1.807, 2.05) is 4.68 Å². The van der Waals surface area contributed by atoms with Crippen LogP contribution in [0.15, 0.2) is 36.5 Å². The molecule has 1 heterocycles. The summed E-state index contributed by atoms with van der Waals surface area (Å²) in [6.45, 7) is -0.417. The van der Waals surface area contributed by atoms with Crippen LogP contribution in [0.1, 0.15) is 47.6 Å². The van der Waals surface area contributed by atoms with Crippen LogP contribution in [0, 0.1) is 0 Å². The van der Waals surface area contributed by atoms with Crippen LogP contribution >= 0.6 is 0 Å². The van der Waals surface area contributed by atoms with Gasteiger partial charge in [0, 0.05) is 12.3 Å². The van der Waals surface area contributed by atoms with Gasteiger partial charge in [0.15, 0.2) is 16.4 Å². The second kappa shape index (κ2) is 8.55. The van der Waals surface area contributed by atoms with Crippen LogP contribution in [0.25, 0.3) is 0 Å². The molecule has 0 saturated heterocycles. The Bertz CT molecular complexity index is 944. The van der Waals surface area contributed by atoms with E-state index >= 15 is 0 Å². The lowest BCUT2D eigenvalue weighted by Crippen LogP contribution is -2.23. The fourth-order valence-electron chi connectivity index (χ4n) is 3.29. The van der Waals surface area contributed by atoms with Crippen molar-refractivity contribution >= 4 is 27.5 Å². The first kappa shape index (κ1) is 20.1. The van der Waals surface area contributed by atoms with E-state index in [1.54, 1.807) is 24.4 Å². The maximum absolute atomic E-state index is 12.1. The molecule has 0 spiro atoms. The average molecular weight is 405 g/mol. The van der Waals surface area contributed by atoms with E-state index in [0.29, 0.717) is 17.4 Å².